The van der Waals surface area contributed by atoms with Gasteiger partial charge in [0.15, 0.2) is 0 Å². The molecule has 0 aliphatic heterocycles. The fourth-order valence-electron chi connectivity index (χ4n) is 2.45. The van der Waals surface area contributed by atoms with Crippen LogP contribution in [-0.2, 0) is 0 Å². The van der Waals surface area contributed by atoms with Gasteiger partial charge >= 0.3 is 0 Å². The van der Waals surface area contributed by atoms with E-state index in [4.69, 9.17) is 0 Å². The highest BCUT2D eigenvalue weighted by atomic mass is 16.3. The second-order valence-electron chi connectivity index (χ2n) is 4.92. The van der Waals surface area contributed by atoms with E-state index < -0.39 is 0 Å². The molecule has 1 nitrogen and oxygen atoms in total. The normalized spacial score (nSPS) is 22.7. The van der Waals surface area contributed by atoms with Crippen molar-refractivity contribution in [1.29, 1.82) is 0 Å². The van der Waals surface area contributed by atoms with Gasteiger partial charge in [-0.15, -0.1) is 6.58 Å². The Hall–Kier alpha value is -0.300. The first-order valence-electron chi connectivity index (χ1n) is 5.32. The molecule has 13 heavy (non-hydrogen) atoms. The van der Waals surface area contributed by atoms with Crippen LogP contribution in [0.15, 0.2) is 12.7 Å². The van der Waals surface area contributed by atoms with Crippen LogP contribution in [0.3, 0.4) is 0 Å². The molecule has 76 valence electrons. The van der Waals surface area contributed by atoms with E-state index in [1.54, 1.807) is 0 Å². The molecule has 0 unspecified atom stereocenters. The maximum atomic E-state index is 9.56. The van der Waals surface area contributed by atoms with Crippen molar-refractivity contribution in [2.24, 2.45) is 10.8 Å². The van der Waals surface area contributed by atoms with Crippen molar-refractivity contribution in [2.45, 2.75) is 46.0 Å². The number of aliphatic hydroxyl groups excluding tert-OH is 1. The summed E-state index contributed by atoms with van der Waals surface area (Å²) in [6, 6.07) is 0. The molecule has 0 aromatic rings. The predicted octanol–water partition coefficient (Wildman–Crippen LogP) is 3.14. The summed E-state index contributed by atoms with van der Waals surface area (Å²) in [5.74, 6) is 0. The minimum Gasteiger partial charge on any atom is -0.396 e. The number of hydrogen-bond acceptors (Lipinski definition) is 1. The van der Waals surface area contributed by atoms with Crippen molar-refractivity contribution in [3.63, 3.8) is 0 Å². The van der Waals surface area contributed by atoms with Gasteiger partial charge in [0.2, 0.25) is 0 Å². The molecule has 0 atom stereocenters. The Balaban J connectivity index is 2.84. The van der Waals surface area contributed by atoms with Crippen LogP contribution in [-0.4, -0.2) is 11.7 Å². The maximum Gasteiger partial charge on any atom is 0.0495 e. The molecule has 0 aromatic heterocycles. The Morgan fingerprint density at radius 2 is 1.85 bits per heavy atom. The Morgan fingerprint density at radius 1 is 1.31 bits per heavy atom. The van der Waals surface area contributed by atoms with E-state index in [9.17, 15) is 5.11 Å². The van der Waals surface area contributed by atoms with Gasteiger partial charge < -0.3 is 5.11 Å². The summed E-state index contributed by atoms with van der Waals surface area (Å²) in [5, 5.41) is 9.56. The van der Waals surface area contributed by atoms with Crippen LogP contribution in [0.4, 0.5) is 0 Å². The van der Waals surface area contributed by atoms with Crippen LogP contribution in [0.2, 0.25) is 0 Å². The van der Waals surface area contributed by atoms with Gasteiger partial charge in [0, 0.05) is 12.0 Å². The Kier molecular flexibility index (Phi) is 3.18. The first kappa shape index (κ1) is 10.8. The van der Waals surface area contributed by atoms with E-state index in [0.717, 1.165) is 12.8 Å². The van der Waals surface area contributed by atoms with Crippen LogP contribution in [0.25, 0.3) is 0 Å². The molecule has 0 heterocycles. The molecular formula is C12H22O. The average molecular weight is 182 g/mol. The first-order chi connectivity index (χ1) is 6.08. The van der Waals surface area contributed by atoms with Gasteiger partial charge in [-0.25, -0.2) is 0 Å². The summed E-state index contributed by atoms with van der Waals surface area (Å²) in [4.78, 5) is 0. The van der Waals surface area contributed by atoms with Gasteiger partial charge in [0.05, 0.1) is 0 Å². The minimum atomic E-state index is 0.0716. The van der Waals surface area contributed by atoms with Crippen LogP contribution in [0.5, 0.6) is 0 Å². The zero-order chi connectivity index (χ0) is 9.95. The van der Waals surface area contributed by atoms with Gasteiger partial charge in [-0.05, 0) is 18.3 Å². The van der Waals surface area contributed by atoms with E-state index in [0.29, 0.717) is 6.61 Å². The molecule has 1 rings (SSSR count). The Bertz CT molecular complexity index is 176. The largest absolute Gasteiger partial charge is 0.396 e. The van der Waals surface area contributed by atoms with Crippen molar-refractivity contribution >= 4 is 0 Å². The van der Waals surface area contributed by atoms with Crippen molar-refractivity contribution in [3.8, 4) is 0 Å². The molecule has 1 aliphatic rings. The highest BCUT2D eigenvalue weighted by Crippen LogP contribution is 2.49. The van der Waals surface area contributed by atoms with Gasteiger partial charge in [-0.3, -0.25) is 0 Å². The van der Waals surface area contributed by atoms with E-state index in [1.807, 2.05) is 6.08 Å². The van der Waals surface area contributed by atoms with Crippen molar-refractivity contribution in [3.05, 3.63) is 12.7 Å². The maximum absolute atomic E-state index is 9.56. The molecule has 0 radical (unpaired) electrons. The summed E-state index contributed by atoms with van der Waals surface area (Å²) < 4.78 is 0. The van der Waals surface area contributed by atoms with Gasteiger partial charge in [0.25, 0.3) is 0 Å². The highest BCUT2D eigenvalue weighted by molar-refractivity contribution is 5.03. The fourth-order valence-corrected chi connectivity index (χ4v) is 2.45. The van der Waals surface area contributed by atoms with Gasteiger partial charge in [0.1, 0.15) is 0 Å². The SMILES string of the molecule is C=CC(C)(C)C1(CO)CCCCC1. The molecular weight excluding hydrogens is 160 g/mol. The molecule has 0 bridgehead atoms. The first-order valence-corrected chi connectivity index (χ1v) is 5.32. The van der Waals surface area contributed by atoms with Crippen LogP contribution >= 0.6 is 0 Å². The quantitative estimate of drug-likeness (QED) is 0.665. The predicted molar refractivity (Wildman–Crippen MR) is 56.6 cm³/mol. The minimum absolute atomic E-state index is 0.0716. The lowest BCUT2D eigenvalue weighted by molar-refractivity contribution is -0.000991. The highest BCUT2D eigenvalue weighted by Gasteiger charge is 2.42. The number of aliphatic hydroxyl groups is 1. The summed E-state index contributed by atoms with van der Waals surface area (Å²) in [6.07, 6.45) is 8.17. The Labute approximate surface area is 81.9 Å². The lowest BCUT2D eigenvalue weighted by Crippen LogP contribution is -2.41. The molecule has 0 aromatic carbocycles. The molecule has 1 fully saturated rings. The van der Waals surface area contributed by atoms with Crippen molar-refractivity contribution in [2.75, 3.05) is 6.61 Å². The number of allylic oxidation sites excluding steroid dienone is 1. The standard InChI is InChI=1S/C12H22O/c1-4-11(2,3)12(10-13)8-6-5-7-9-12/h4,13H,1,5-10H2,2-3H3. The Morgan fingerprint density at radius 3 is 2.23 bits per heavy atom. The topological polar surface area (TPSA) is 20.2 Å². The third-order valence-corrected chi connectivity index (χ3v) is 3.99. The zero-order valence-electron chi connectivity index (χ0n) is 8.97. The smallest absolute Gasteiger partial charge is 0.0495 e. The van der Waals surface area contributed by atoms with Gasteiger partial charge in [-0.2, -0.15) is 0 Å². The third kappa shape index (κ3) is 1.80. The second kappa shape index (κ2) is 3.83. The molecule has 0 amide bonds. The summed E-state index contributed by atoms with van der Waals surface area (Å²) in [5.41, 5.74) is 0.176. The lowest BCUT2D eigenvalue weighted by atomic mass is 9.59. The summed E-state index contributed by atoms with van der Waals surface area (Å²) >= 11 is 0. The molecule has 1 aliphatic carbocycles. The van der Waals surface area contributed by atoms with Crippen molar-refractivity contribution in [1.82, 2.24) is 0 Å². The molecule has 1 heteroatoms. The summed E-state index contributed by atoms with van der Waals surface area (Å²) in [6.45, 7) is 8.59. The average Bonchev–Trinajstić information content (AvgIpc) is 2.18. The van der Waals surface area contributed by atoms with Crippen LogP contribution in [0.1, 0.15) is 46.0 Å². The van der Waals surface area contributed by atoms with Crippen molar-refractivity contribution < 1.29 is 5.11 Å². The van der Waals surface area contributed by atoms with Crippen LogP contribution < -0.4 is 0 Å². The third-order valence-electron chi connectivity index (χ3n) is 3.99. The number of rotatable bonds is 3. The molecule has 0 spiro atoms. The van der Waals surface area contributed by atoms with Gasteiger partial charge in [-0.1, -0.05) is 39.2 Å². The van der Waals surface area contributed by atoms with E-state index in [1.165, 1.54) is 19.3 Å². The number of hydrogen-bond donors (Lipinski definition) is 1. The fraction of sp³-hybridized carbons (Fsp3) is 0.833. The van der Waals surface area contributed by atoms with E-state index in [-0.39, 0.29) is 10.8 Å². The molecule has 1 saturated carbocycles. The van der Waals surface area contributed by atoms with E-state index in [2.05, 4.69) is 20.4 Å². The monoisotopic (exact) mass is 182 g/mol. The zero-order valence-corrected chi connectivity index (χ0v) is 8.97. The lowest BCUT2D eigenvalue weighted by Gasteiger charge is -2.46. The summed E-state index contributed by atoms with van der Waals surface area (Å²) in [7, 11) is 0. The van der Waals surface area contributed by atoms with Crippen LogP contribution in [0, 0.1) is 10.8 Å². The molecule has 1 N–H and O–H groups in total. The second-order valence-corrected chi connectivity index (χ2v) is 4.92. The van der Waals surface area contributed by atoms with E-state index >= 15 is 0 Å². The molecule has 0 saturated heterocycles.